The Hall–Kier alpha value is -0.460. The maximum absolute atomic E-state index is 10.0. The second kappa shape index (κ2) is 0.831. The Balaban J connectivity index is 2.23. The monoisotopic (exact) mass is 135 g/mol. The molecule has 5 nitrogen and oxygen atoms in total. The molecule has 0 unspecified atom stereocenters. The van der Waals surface area contributed by atoms with Gasteiger partial charge in [0, 0.05) is 0 Å². The van der Waals surface area contributed by atoms with Crippen molar-refractivity contribution < 1.29 is 16.8 Å². The third-order valence-corrected chi connectivity index (χ3v) is 1.67. The van der Waals surface area contributed by atoms with E-state index in [-0.39, 0.29) is 0 Å². The molecular formula is C2HNO4S. The lowest BCUT2D eigenvalue weighted by Gasteiger charge is -2.21. The molecule has 0 radical (unpaired) electrons. The third-order valence-electron chi connectivity index (χ3n) is 0.783. The molecule has 0 aromatic carbocycles. The zero-order chi connectivity index (χ0) is 5.83. The summed E-state index contributed by atoms with van der Waals surface area (Å²) in [5.41, 5.74) is 0. The van der Waals surface area contributed by atoms with Crippen molar-refractivity contribution in [2.45, 2.75) is 5.91 Å². The lowest BCUT2D eigenvalue weighted by Crippen LogP contribution is -2.40. The van der Waals surface area contributed by atoms with Crippen molar-refractivity contribution in [1.82, 2.24) is 0 Å². The van der Waals surface area contributed by atoms with Crippen LogP contribution < -0.4 is 0 Å². The van der Waals surface area contributed by atoms with E-state index in [2.05, 4.69) is 13.4 Å². The molecule has 0 aromatic heterocycles. The standard InChI is InChI=1S/C2HNO4S/c4-8(5)6-2(7-8)1-3-2/h1H. The highest BCUT2D eigenvalue weighted by molar-refractivity contribution is 7.83. The Bertz CT molecular complexity index is 231. The van der Waals surface area contributed by atoms with Crippen LogP contribution in [-0.4, -0.2) is 20.5 Å². The predicted octanol–water partition coefficient (Wildman–Crippen LogP) is -0.984. The minimum absolute atomic E-state index is 1.18. The average Bonchev–Trinajstić information content (AvgIpc) is 2.12. The van der Waals surface area contributed by atoms with Gasteiger partial charge in [-0.3, -0.25) is 0 Å². The van der Waals surface area contributed by atoms with Gasteiger partial charge in [0.2, 0.25) is 0 Å². The largest absolute Gasteiger partial charge is 0.409 e. The van der Waals surface area contributed by atoms with Crippen molar-refractivity contribution >= 4 is 16.6 Å². The SMILES string of the molecule is O=S1(=O)OC2(C=N2)O1. The Morgan fingerprint density at radius 1 is 1.50 bits per heavy atom. The second-order valence-electron chi connectivity index (χ2n) is 1.46. The molecule has 0 saturated carbocycles. The lowest BCUT2D eigenvalue weighted by molar-refractivity contribution is -0.0914. The molecule has 44 valence electrons. The Morgan fingerprint density at radius 3 is 2.12 bits per heavy atom. The van der Waals surface area contributed by atoms with Gasteiger partial charge in [0.15, 0.2) is 0 Å². The van der Waals surface area contributed by atoms with Crippen molar-refractivity contribution in [3.8, 4) is 0 Å². The van der Waals surface area contributed by atoms with E-state index in [1.165, 1.54) is 6.21 Å². The van der Waals surface area contributed by atoms with Crippen LogP contribution in [0.25, 0.3) is 0 Å². The van der Waals surface area contributed by atoms with E-state index < -0.39 is 16.3 Å². The second-order valence-corrected chi connectivity index (χ2v) is 2.61. The Labute approximate surface area is 45.3 Å². The van der Waals surface area contributed by atoms with E-state index in [1.807, 2.05) is 0 Å². The molecule has 2 aliphatic heterocycles. The molecule has 1 spiro atoms. The van der Waals surface area contributed by atoms with Crippen LogP contribution >= 0.6 is 0 Å². The highest BCUT2D eigenvalue weighted by Crippen LogP contribution is 2.37. The smallest absolute Gasteiger partial charge is 0.222 e. The van der Waals surface area contributed by atoms with Gasteiger partial charge in [-0.05, 0) is 0 Å². The van der Waals surface area contributed by atoms with Crippen molar-refractivity contribution in [2.75, 3.05) is 0 Å². The first-order chi connectivity index (χ1) is 3.62. The summed E-state index contributed by atoms with van der Waals surface area (Å²) in [6, 6.07) is 0. The third kappa shape index (κ3) is 0.417. The highest BCUT2D eigenvalue weighted by Gasteiger charge is 2.58. The molecule has 0 atom stereocenters. The summed E-state index contributed by atoms with van der Waals surface area (Å²) in [5, 5.41) is 0. The molecule has 0 amide bonds. The quantitative estimate of drug-likeness (QED) is 0.428. The topological polar surface area (TPSA) is 65.0 Å². The van der Waals surface area contributed by atoms with Gasteiger partial charge in [0.1, 0.15) is 0 Å². The summed E-state index contributed by atoms with van der Waals surface area (Å²) in [5.74, 6) is -1.18. The first-order valence-corrected chi connectivity index (χ1v) is 3.18. The van der Waals surface area contributed by atoms with E-state index in [0.717, 1.165) is 0 Å². The number of hydrogen-bond acceptors (Lipinski definition) is 5. The van der Waals surface area contributed by atoms with Crippen molar-refractivity contribution in [1.29, 1.82) is 0 Å². The van der Waals surface area contributed by atoms with Gasteiger partial charge in [-0.1, -0.05) is 0 Å². The summed E-state index contributed by atoms with van der Waals surface area (Å²) in [6.07, 6.45) is 1.27. The Kier molecular flexibility index (Phi) is 0.459. The number of rotatable bonds is 0. The highest BCUT2D eigenvalue weighted by atomic mass is 32.3. The minimum atomic E-state index is -3.65. The van der Waals surface area contributed by atoms with Gasteiger partial charge in [-0.15, -0.1) is 0 Å². The van der Waals surface area contributed by atoms with Gasteiger partial charge in [-0.25, -0.2) is 4.99 Å². The molecule has 2 aliphatic rings. The van der Waals surface area contributed by atoms with E-state index >= 15 is 0 Å². The number of nitrogens with zero attached hydrogens (tertiary/aromatic N) is 1. The molecule has 0 N–H and O–H groups in total. The zero-order valence-corrected chi connectivity index (χ0v) is 4.38. The van der Waals surface area contributed by atoms with Crippen molar-refractivity contribution in [3.05, 3.63) is 0 Å². The van der Waals surface area contributed by atoms with Crippen LogP contribution in [0.4, 0.5) is 0 Å². The fourth-order valence-corrected chi connectivity index (χ4v) is 1.21. The first kappa shape index (κ1) is 4.42. The van der Waals surface area contributed by atoms with Gasteiger partial charge >= 0.3 is 16.3 Å². The molecule has 1 fully saturated rings. The molecule has 8 heavy (non-hydrogen) atoms. The summed E-state index contributed by atoms with van der Waals surface area (Å²) in [4.78, 5) is 3.39. The van der Waals surface area contributed by atoms with Gasteiger partial charge in [0.25, 0.3) is 0 Å². The summed E-state index contributed by atoms with van der Waals surface area (Å²) < 4.78 is 28.3. The lowest BCUT2D eigenvalue weighted by atomic mass is 10.8. The fourth-order valence-electron chi connectivity index (χ4n) is 0.437. The van der Waals surface area contributed by atoms with Crippen LogP contribution in [0.15, 0.2) is 4.99 Å². The van der Waals surface area contributed by atoms with E-state index in [0.29, 0.717) is 0 Å². The molecule has 0 aliphatic carbocycles. The van der Waals surface area contributed by atoms with Crippen LogP contribution in [0.5, 0.6) is 0 Å². The molecule has 2 rings (SSSR count). The zero-order valence-electron chi connectivity index (χ0n) is 3.57. The van der Waals surface area contributed by atoms with Crippen LogP contribution in [0.1, 0.15) is 0 Å². The summed E-state index contributed by atoms with van der Waals surface area (Å²) >= 11 is 0. The molecular weight excluding hydrogens is 134 g/mol. The fraction of sp³-hybridized carbons (Fsp3) is 0.500. The van der Waals surface area contributed by atoms with Crippen LogP contribution in [-0.2, 0) is 18.8 Å². The number of hydrogen-bond donors (Lipinski definition) is 0. The van der Waals surface area contributed by atoms with Crippen LogP contribution in [0.3, 0.4) is 0 Å². The van der Waals surface area contributed by atoms with Crippen molar-refractivity contribution in [2.24, 2.45) is 4.99 Å². The van der Waals surface area contributed by atoms with E-state index in [4.69, 9.17) is 0 Å². The first-order valence-electron chi connectivity index (χ1n) is 1.85. The normalized spacial score (nSPS) is 34.5. The predicted molar refractivity (Wildman–Crippen MR) is 22.3 cm³/mol. The maximum Gasteiger partial charge on any atom is 0.409 e. The van der Waals surface area contributed by atoms with Crippen LogP contribution in [0.2, 0.25) is 0 Å². The minimum Gasteiger partial charge on any atom is -0.222 e. The van der Waals surface area contributed by atoms with Gasteiger partial charge < -0.3 is 0 Å². The molecule has 1 saturated heterocycles. The van der Waals surface area contributed by atoms with Gasteiger partial charge in [-0.2, -0.15) is 16.8 Å². The summed E-state index contributed by atoms with van der Waals surface area (Å²) in [6.45, 7) is 0. The van der Waals surface area contributed by atoms with Gasteiger partial charge in [0.05, 0.1) is 6.21 Å². The molecule has 2 heterocycles. The summed E-state index contributed by atoms with van der Waals surface area (Å²) in [7, 11) is -3.65. The molecule has 6 heteroatoms. The number of aliphatic imine (C=N–C) groups is 1. The maximum atomic E-state index is 10.0. The molecule has 0 bridgehead atoms. The average molecular weight is 135 g/mol. The van der Waals surface area contributed by atoms with Crippen LogP contribution in [0, 0.1) is 0 Å². The molecule has 0 aromatic rings. The van der Waals surface area contributed by atoms with E-state index in [1.54, 1.807) is 0 Å². The van der Waals surface area contributed by atoms with E-state index in [9.17, 15) is 8.42 Å². The Morgan fingerprint density at radius 2 is 2.00 bits per heavy atom. The van der Waals surface area contributed by atoms with Crippen molar-refractivity contribution in [3.63, 3.8) is 0 Å².